The van der Waals surface area contributed by atoms with E-state index in [1.807, 2.05) is 13.8 Å². The molecule has 0 aromatic carbocycles. The highest BCUT2D eigenvalue weighted by atomic mass is 16.5. The van der Waals surface area contributed by atoms with Gasteiger partial charge in [-0.25, -0.2) is 0 Å². The summed E-state index contributed by atoms with van der Waals surface area (Å²) in [5.74, 6) is -0.162. The SMILES string of the molecule is CCOC(=O)CCOCCOCCCNC(=O)C(C)C. The van der Waals surface area contributed by atoms with Crippen molar-refractivity contribution in [2.75, 3.05) is 39.6 Å². The lowest BCUT2D eigenvalue weighted by molar-refractivity contribution is -0.144. The van der Waals surface area contributed by atoms with Gasteiger partial charge in [0.2, 0.25) is 5.91 Å². The Labute approximate surface area is 121 Å². The van der Waals surface area contributed by atoms with E-state index in [1.54, 1.807) is 6.92 Å². The molecule has 0 rings (SSSR count). The second-order valence-electron chi connectivity index (χ2n) is 4.58. The van der Waals surface area contributed by atoms with E-state index in [4.69, 9.17) is 14.2 Å². The molecule has 1 N–H and O–H groups in total. The first-order chi connectivity index (χ1) is 9.57. The van der Waals surface area contributed by atoms with Crippen LogP contribution in [-0.2, 0) is 23.8 Å². The lowest BCUT2D eigenvalue weighted by Gasteiger charge is -2.08. The van der Waals surface area contributed by atoms with Crippen LogP contribution in [0.25, 0.3) is 0 Å². The highest BCUT2D eigenvalue weighted by Gasteiger charge is 2.04. The molecule has 0 atom stereocenters. The summed E-state index contributed by atoms with van der Waals surface area (Å²) in [6.07, 6.45) is 1.05. The van der Waals surface area contributed by atoms with Crippen LogP contribution in [0.1, 0.15) is 33.6 Å². The first-order valence-corrected chi connectivity index (χ1v) is 7.16. The lowest BCUT2D eigenvalue weighted by Crippen LogP contribution is -2.29. The van der Waals surface area contributed by atoms with Crippen molar-refractivity contribution in [1.29, 1.82) is 0 Å². The van der Waals surface area contributed by atoms with Crippen molar-refractivity contribution in [3.8, 4) is 0 Å². The Morgan fingerprint density at radius 2 is 1.70 bits per heavy atom. The Bertz CT molecular complexity index is 268. The van der Waals surface area contributed by atoms with Gasteiger partial charge in [0.05, 0.1) is 32.8 Å². The highest BCUT2D eigenvalue weighted by Crippen LogP contribution is 1.91. The van der Waals surface area contributed by atoms with Crippen LogP contribution >= 0.6 is 0 Å². The summed E-state index contributed by atoms with van der Waals surface area (Å²) >= 11 is 0. The van der Waals surface area contributed by atoms with Gasteiger partial charge in [0.1, 0.15) is 0 Å². The number of carbonyl (C=O) groups excluding carboxylic acids is 2. The summed E-state index contributed by atoms with van der Waals surface area (Å²) in [5, 5.41) is 2.82. The number of amides is 1. The van der Waals surface area contributed by atoms with Gasteiger partial charge >= 0.3 is 5.97 Å². The summed E-state index contributed by atoms with van der Waals surface area (Å²) < 4.78 is 15.3. The first-order valence-electron chi connectivity index (χ1n) is 7.16. The number of hydrogen-bond donors (Lipinski definition) is 1. The van der Waals surface area contributed by atoms with Crippen molar-refractivity contribution in [3.63, 3.8) is 0 Å². The van der Waals surface area contributed by atoms with E-state index < -0.39 is 0 Å². The van der Waals surface area contributed by atoms with Crippen molar-refractivity contribution < 1.29 is 23.8 Å². The normalized spacial score (nSPS) is 10.6. The van der Waals surface area contributed by atoms with Crippen LogP contribution in [0, 0.1) is 5.92 Å². The first kappa shape index (κ1) is 18.9. The zero-order chi connectivity index (χ0) is 15.2. The maximum absolute atomic E-state index is 11.2. The van der Waals surface area contributed by atoms with Crippen LogP contribution in [0.4, 0.5) is 0 Å². The molecule has 0 radical (unpaired) electrons. The van der Waals surface area contributed by atoms with E-state index in [2.05, 4.69) is 5.32 Å². The van der Waals surface area contributed by atoms with Crippen molar-refractivity contribution in [2.45, 2.75) is 33.6 Å². The molecular weight excluding hydrogens is 262 g/mol. The molecule has 6 heteroatoms. The molecule has 0 aliphatic heterocycles. The number of hydrogen-bond acceptors (Lipinski definition) is 5. The predicted molar refractivity (Wildman–Crippen MR) is 75.4 cm³/mol. The monoisotopic (exact) mass is 289 g/mol. The Kier molecular flexibility index (Phi) is 12.1. The van der Waals surface area contributed by atoms with E-state index in [-0.39, 0.29) is 24.2 Å². The van der Waals surface area contributed by atoms with Crippen LogP contribution in [0.3, 0.4) is 0 Å². The van der Waals surface area contributed by atoms with Crippen LogP contribution in [-0.4, -0.2) is 51.5 Å². The van der Waals surface area contributed by atoms with Gasteiger partial charge in [0.15, 0.2) is 0 Å². The maximum atomic E-state index is 11.2. The third-order valence-corrected chi connectivity index (χ3v) is 2.42. The molecule has 118 valence electrons. The Morgan fingerprint density at radius 3 is 2.30 bits per heavy atom. The zero-order valence-corrected chi connectivity index (χ0v) is 12.8. The van der Waals surface area contributed by atoms with Gasteiger partial charge in [-0.1, -0.05) is 13.8 Å². The van der Waals surface area contributed by atoms with Crippen LogP contribution in [0.15, 0.2) is 0 Å². The van der Waals surface area contributed by atoms with E-state index in [0.29, 0.717) is 39.6 Å². The molecule has 6 nitrogen and oxygen atoms in total. The van der Waals surface area contributed by atoms with Gasteiger partial charge in [-0.05, 0) is 13.3 Å². The molecule has 0 bridgehead atoms. The number of rotatable bonds is 12. The Hall–Kier alpha value is -1.14. The van der Waals surface area contributed by atoms with Gasteiger partial charge in [-0.15, -0.1) is 0 Å². The highest BCUT2D eigenvalue weighted by molar-refractivity contribution is 5.77. The standard InChI is InChI=1S/C14H27NO5/c1-4-20-13(16)6-9-19-11-10-18-8-5-7-15-14(17)12(2)3/h12H,4-11H2,1-3H3,(H,15,17). The van der Waals surface area contributed by atoms with Gasteiger partial charge in [0, 0.05) is 19.1 Å². The minimum absolute atomic E-state index is 0.0173. The fourth-order valence-electron chi connectivity index (χ4n) is 1.30. The van der Waals surface area contributed by atoms with Crippen molar-refractivity contribution in [2.24, 2.45) is 5.92 Å². The molecule has 0 spiro atoms. The Balaban J connectivity index is 3.17. The summed E-state index contributed by atoms with van der Waals surface area (Å²) in [5.41, 5.74) is 0. The average molecular weight is 289 g/mol. The quantitative estimate of drug-likeness (QED) is 0.431. The molecule has 0 aromatic heterocycles. The molecule has 0 aliphatic rings. The van der Waals surface area contributed by atoms with Gasteiger partial charge < -0.3 is 19.5 Å². The number of ether oxygens (including phenoxy) is 3. The molecule has 0 aromatic rings. The molecule has 1 amide bonds. The molecule has 0 unspecified atom stereocenters. The van der Waals surface area contributed by atoms with E-state index >= 15 is 0 Å². The van der Waals surface area contributed by atoms with Crippen molar-refractivity contribution in [1.82, 2.24) is 5.32 Å². The lowest BCUT2D eigenvalue weighted by atomic mass is 10.2. The third kappa shape index (κ3) is 11.9. The smallest absolute Gasteiger partial charge is 0.308 e. The molecule has 0 fully saturated rings. The fourth-order valence-corrected chi connectivity index (χ4v) is 1.30. The fraction of sp³-hybridized carbons (Fsp3) is 0.857. The van der Waals surface area contributed by atoms with E-state index in [1.165, 1.54) is 0 Å². The minimum atomic E-state index is -0.241. The van der Waals surface area contributed by atoms with Gasteiger partial charge in [-0.3, -0.25) is 9.59 Å². The maximum Gasteiger partial charge on any atom is 0.308 e. The largest absolute Gasteiger partial charge is 0.466 e. The van der Waals surface area contributed by atoms with Crippen LogP contribution in [0.5, 0.6) is 0 Å². The summed E-state index contributed by atoms with van der Waals surface area (Å²) in [6.45, 7) is 8.40. The minimum Gasteiger partial charge on any atom is -0.466 e. The second-order valence-corrected chi connectivity index (χ2v) is 4.58. The van der Waals surface area contributed by atoms with Crippen molar-refractivity contribution in [3.05, 3.63) is 0 Å². The zero-order valence-electron chi connectivity index (χ0n) is 12.8. The van der Waals surface area contributed by atoms with Crippen LogP contribution in [0.2, 0.25) is 0 Å². The second kappa shape index (κ2) is 12.9. The molecular formula is C14H27NO5. The van der Waals surface area contributed by atoms with Gasteiger partial charge in [0.25, 0.3) is 0 Å². The predicted octanol–water partition coefficient (Wildman–Crippen LogP) is 1.14. The molecule has 0 saturated heterocycles. The Morgan fingerprint density at radius 1 is 1.05 bits per heavy atom. The number of esters is 1. The van der Waals surface area contributed by atoms with E-state index in [9.17, 15) is 9.59 Å². The topological polar surface area (TPSA) is 73.9 Å². The van der Waals surface area contributed by atoms with E-state index in [0.717, 1.165) is 6.42 Å². The van der Waals surface area contributed by atoms with Crippen LogP contribution < -0.4 is 5.32 Å². The van der Waals surface area contributed by atoms with Gasteiger partial charge in [-0.2, -0.15) is 0 Å². The average Bonchev–Trinajstić information content (AvgIpc) is 2.40. The van der Waals surface area contributed by atoms with Crippen molar-refractivity contribution >= 4 is 11.9 Å². The number of nitrogens with one attached hydrogen (secondary N) is 1. The number of carbonyl (C=O) groups is 2. The third-order valence-electron chi connectivity index (χ3n) is 2.42. The molecule has 0 saturated carbocycles. The summed E-state index contributed by atoms with van der Waals surface area (Å²) in [4.78, 5) is 22.2. The molecule has 0 aliphatic carbocycles. The molecule has 20 heavy (non-hydrogen) atoms. The summed E-state index contributed by atoms with van der Waals surface area (Å²) in [7, 11) is 0. The summed E-state index contributed by atoms with van der Waals surface area (Å²) in [6, 6.07) is 0. The molecule has 0 heterocycles.